The lowest BCUT2D eigenvalue weighted by Gasteiger charge is -2.32. The SMILES string of the molecule is CCC(C)C(NC(=O)C1CCCN1C(=O)C(NC(=O)C(N)C(C)O)C(C)C)C(=O)O. The van der Waals surface area contributed by atoms with Gasteiger partial charge in [0.15, 0.2) is 0 Å². The molecule has 6 N–H and O–H groups in total. The lowest BCUT2D eigenvalue weighted by Crippen LogP contribution is -2.59. The maximum absolute atomic E-state index is 13.2. The van der Waals surface area contributed by atoms with Crippen molar-refractivity contribution < 1.29 is 29.4 Å². The summed E-state index contributed by atoms with van der Waals surface area (Å²) in [6.45, 7) is 8.81. The molecule has 0 aromatic heterocycles. The number of carboxylic acids is 1. The first-order valence-electron chi connectivity index (χ1n) is 10.5. The van der Waals surface area contributed by atoms with Gasteiger partial charge in [0.2, 0.25) is 17.7 Å². The molecule has 1 aliphatic heterocycles. The van der Waals surface area contributed by atoms with Crippen molar-refractivity contribution in [1.29, 1.82) is 0 Å². The highest BCUT2D eigenvalue weighted by Gasteiger charge is 2.40. The van der Waals surface area contributed by atoms with Gasteiger partial charge in [0, 0.05) is 6.54 Å². The molecule has 0 spiro atoms. The Labute approximate surface area is 177 Å². The Hall–Kier alpha value is -2.20. The minimum atomic E-state index is -1.18. The van der Waals surface area contributed by atoms with Gasteiger partial charge in [-0.15, -0.1) is 0 Å². The number of nitrogens with two attached hydrogens (primary N) is 1. The van der Waals surface area contributed by atoms with Crippen molar-refractivity contribution in [3.05, 3.63) is 0 Å². The highest BCUT2D eigenvalue weighted by atomic mass is 16.4. The van der Waals surface area contributed by atoms with Gasteiger partial charge in [-0.3, -0.25) is 14.4 Å². The Balaban J connectivity index is 2.96. The van der Waals surface area contributed by atoms with Crippen molar-refractivity contribution in [2.75, 3.05) is 6.54 Å². The highest BCUT2D eigenvalue weighted by Crippen LogP contribution is 2.21. The topological polar surface area (TPSA) is 162 Å². The summed E-state index contributed by atoms with van der Waals surface area (Å²) < 4.78 is 0. The van der Waals surface area contributed by atoms with Gasteiger partial charge in [-0.2, -0.15) is 0 Å². The van der Waals surface area contributed by atoms with Crippen LogP contribution in [-0.4, -0.2) is 75.6 Å². The number of rotatable bonds is 10. The molecule has 1 saturated heterocycles. The van der Waals surface area contributed by atoms with E-state index < -0.39 is 54.0 Å². The van der Waals surface area contributed by atoms with Crippen LogP contribution in [0.4, 0.5) is 0 Å². The summed E-state index contributed by atoms with van der Waals surface area (Å²) in [5.74, 6) is -3.25. The molecule has 172 valence electrons. The molecule has 1 rings (SSSR count). The van der Waals surface area contributed by atoms with Crippen LogP contribution < -0.4 is 16.4 Å². The third-order valence-corrected chi connectivity index (χ3v) is 5.67. The van der Waals surface area contributed by atoms with E-state index in [2.05, 4.69) is 10.6 Å². The van der Waals surface area contributed by atoms with Gasteiger partial charge in [0.1, 0.15) is 24.2 Å². The number of carbonyl (C=O) groups is 4. The van der Waals surface area contributed by atoms with Crippen LogP contribution in [0.15, 0.2) is 0 Å². The first kappa shape index (κ1) is 25.8. The van der Waals surface area contributed by atoms with Crippen LogP contribution in [0.2, 0.25) is 0 Å². The van der Waals surface area contributed by atoms with Crippen LogP contribution in [0.1, 0.15) is 53.9 Å². The molecule has 6 unspecified atom stereocenters. The van der Waals surface area contributed by atoms with Gasteiger partial charge in [0.25, 0.3) is 0 Å². The van der Waals surface area contributed by atoms with Crippen molar-refractivity contribution in [2.24, 2.45) is 17.6 Å². The number of carboxylic acid groups (broad SMARTS) is 1. The van der Waals surface area contributed by atoms with Crippen molar-refractivity contribution in [2.45, 2.75) is 84.2 Å². The fourth-order valence-electron chi connectivity index (χ4n) is 3.40. The number of carbonyl (C=O) groups excluding carboxylic acids is 3. The molecular formula is C20H36N4O6. The molecule has 10 heteroatoms. The first-order chi connectivity index (χ1) is 13.9. The number of amides is 3. The molecule has 6 atom stereocenters. The van der Waals surface area contributed by atoms with Gasteiger partial charge < -0.3 is 31.5 Å². The predicted molar refractivity (Wildman–Crippen MR) is 110 cm³/mol. The highest BCUT2D eigenvalue weighted by molar-refractivity contribution is 5.94. The number of aliphatic hydroxyl groups excluding tert-OH is 1. The summed E-state index contributed by atoms with van der Waals surface area (Å²) in [6.07, 6.45) is 0.509. The normalized spacial score (nSPS) is 21.5. The summed E-state index contributed by atoms with van der Waals surface area (Å²) in [4.78, 5) is 51.1. The Morgan fingerprint density at radius 3 is 2.17 bits per heavy atom. The van der Waals surface area contributed by atoms with Gasteiger partial charge in [-0.1, -0.05) is 34.1 Å². The van der Waals surface area contributed by atoms with E-state index in [-0.39, 0.29) is 11.8 Å². The van der Waals surface area contributed by atoms with Crippen LogP contribution >= 0.6 is 0 Å². The minimum absolute atomic E-state index is 0.262. The molecule has 0 radical (unpaired) electrons. The quantitative estimate of drug-likeness (QED) is 0.311. The Bertz CT molecular complexity index is 639. The third kappa shape index (κ3) is 6.40. The van der Waals surface area contributed by atoms with Crippen LogP contribution in [0.3, 0.4) is 0 Å². The average molecular weight is 429 g/mol. The number of nitrogens with zero attached hydrogens (tertiary/aromatic N) is 1. The summed E-state index contributed by atoms with van der Waals surface area (Å²) in [7, 11) is 0. The first-order valence-corrected chi connectivity index (χ1v) is 10.5. The van der Waals surface area contributed by atoms with E-state index in [0.717, 1.165) is 0 Å². The smallest absolute Gasteiger partial charge is 0.326 e. The Morgan fingerprint density at radius 2 is 1.70 bits per heavy atom. The summed E-state index contributed by atoms with van der Waals surface area (Å²) in [5, 5.41) is 24.1. The van der Waals surface area contributed by atoms with E-state index in [1.807, 2.05) is 6.92 Å². The predicted octanol–water partition coefficient (Wildman–Crippen LogP) is -0.558. The average Bonchev–Trinajstić information content (AvgIpc) is 3.17. The van der Waals surface area contributed by atoms with Crippen molar-refractivity contribution in [1.82, 2.24) is 15.5 Å². The van der Waals surface area contributed by atoms with Crippen LogP contribution in [-0.2, 0) is 19.2 Å². The Kier molecular flexibility index (Phi) is 9.70. The minimum Gasteiger partial charge on any atom is -0.480 e. The largest absolute Gasteiger partial charge is 0.480 e. The summed E-state index contributed by atoms with van der Waals surface area (Å²) in [5.41, 5.74) is 5.66. The molecule has 0 bridgehead atoms. The maximum Gasteiger partial charge on any atom is 0.326 e. The van der Waals surface area contributed by atoms with Crippen LogP contribution in [0, 0.1) is 11.8 Å². The summed E-state index contributed by atoms with van der Waals surface area (Å²) >= 11 is 0. The molecule has 1 fully saturated rings. The monoisotopic (exact) mass is 428 g/mol. The van der Waals surface area contributed by atoms with Crippen LogP contribution in [0.5, 0.6) is 0 Å². The zero-order valence-electron chi connectivity index (χ0n) is 18.4. The number of aliphatic hydroxyl groups is 1. The molecule has 10 nitrogen and oxygen atoms in total. The molecule has 1 aliphatic rings. The van der Waals surface area contributed by atoms with Crippen molar-refractivity contribution >= 4 is 23.7 Å². The molecule has 30 heavy (non-hydrogen) atoms. The lowest BCUT2D eigenvalue weighted by molar-refractivity contribution is -0.146. The Morgan fingerprint density at radius 1 is 1.10 bits per heavy atom. The second kappa shape index (κ2) is 11.3. The molecule has 0 aromatic rings. The van der Waals surface area contributed by atoms with E-state index in [4.69, 9.17) is 5.73 Å². The van der Waals surface area contributed by atoms with Gasteiger partial charge in [-0.25, -0.2) is 4.79 Å². The molecule has 1 heterocycles. The standard InChI is InChI=1S/C20H36N4O6/c1-6-11(4)16(20(29)30)23-17(26)13-8-7-9-24(13)19(28)15(10(2)3)22-18(27)14(21)12(5)25/h10-16,25H,6-9,21H2,1-5H3,(H,22,27)(H,23,26)(H,29,30). The molecular weight excluding hydrogens is 392 g/mol. The van der Waals surface area contributed by atoms with E-state index in [9.17, 15) is 29.4 Å². The number of nitrogens with one attached hydrogen (secondary N) is 2. The van der Waals surface area contributed by atoms with Crippen LogP contribution in [0.25, 0.3) is 0 Å². The van der Waals surface area contributed by atoms with E-state index in [0.29, 0.717) is 25.8 Å². The number of hydrogen-bond donors (Lipinski definition) is 5. The lowest BCUT2D eigenvalue weighted by atomic mass is 9.98. The number of aliphatic carboxylic acids is 1. The second-order valence-corrected chi connectivity index (χ2v) is 8.40. The second-order valence-electron chi connectivity index (χ2n) is 8.40. The number of likely N-dealkylation sites (tertiary alicyclic amines) is 1. The molecule has 0 saturated carbocycles. The van der Waals surface area contributed by atoms with E-state index >= 15 is 0 Å². The zero-order chi connectivity index (χ0) is 23.2. The fourth-order valence-corrected chi connectivity index (χ4v) is 3.40. The number of hydrogen-bond acceptors (Lipinski definition) is 6. The van der Waals surface area contributed by atoms with E-state index in [1.54, 1.807) is 20.8 Å². The van der Waals surface area contributed by atoms with Gasteiger partial charge in [0.05, 0.1) is 6.10 Å². The molecule has 3 amide bonds. The maximum atomic E-state index is 13.2. The zero-order valence-corrected chi connectivity index (χ0v) is 18.4. The molecule has 0 aliphatic carbocycles. The van der Waals surface area contributed by atoms with Crippen molar-refractivity contribution in [3.63, 3.8) is 0 Å². The third-order valence-electron chi connectivity index (χ3n) is 5.67. The van der Waals surface area contributed by atoms with Gasteiger partial charge >= 0.3 is 5.97 Å². The molecule has 0 aromatic carbocycles. The summed E-state index contributed by atoms with van der Waals surface area (Å²) in [6, 6.07) is -3.93. The van der Waals surface area contributed by atoms with Gasteiger partial charge in [-0.05, 0) is 31.6 Å². The van der Waals surface area contributed by atoms with E-state index in [1.165, 1.54) is 11.8 Å². The fraction of sp³-hybridized carbons (Fsp3) is 0.800. The van der Waals surface area contributed by atoms with Crippen molar-refractivity contribution in [3.8, 4) is 0 Å².